The molecule has 2 aliphatic rings. The van der Waals surface area contributed by atoms with Gasteiger partial charge >= 0.3 is 0 Å². The van der Waals surface area contributed by atoms with Crippen LogP contribution in [0.4, 0.5) is 0 Å². The number of hydrogen-bond donors (Lipinski definition) is 1. The SMILES string of the molecule is CC(C)(C)c1ccc(S(=O)(=O)N[C@@H]2C[C@H]3CC[C@@H]2C3)cc1. The van der Waals surface area contributed by atoms with Gasteiger partial charge in [-0.2, -0.15) is 0 Å². The van der Waals surface area contributed by atoms with Crippen molar-refractivity contribution < 1.29 is 8.42 Å². The Bertz CT molecular complexity index is 613. The Hall–Kier alpha value is -0.870. The van der Waals surface area contributed by atoms with E-state index in [1.165, 1.54) is 19.3 Å². The lowest BCUT2D eigenvalue weighted by atomic mass is 9.87. The molecular weight excluding hydrogens is 282 g/mol. The molecule has 2 bridgehead atoms. The summed E-state index contributed by atoms with van der Waals surface area (Å²) in [5.74, 6) is 1.30. The molecule has 1 aromatic rings. The van der Waals surface area contributed by atoms with Crippen molar-refractivity contribution in [3.05, 3.63) is 29.8 Å². The number of benzene rings is 1. The van der Waals surface area contributed by atoms with Gasteiger partial charge in [0, 0.05) is 6.04 Å². The van der Waals surface area contributed by atoms with E-state index >= 15 is 0 Å². The van der Waals surface area contributed by atoms with Crippen LogP contribution in [0.2, 0.25) is 0 Å². The molecule has 116 valence electrons. The molecule has 2 saturated carbocycles. The number of rotatable bonds is 3. The molecule has 2 aliphatic carbocycles. The van der Waals surface area contributed by atoms with Crippen molar-refractivity contribution in [2.75, 3.05) is 0 Å². The summed E-state index contributed by atoms with van der Waals surface area (Å²) in [4.78, 5) is 0.387. The first kappa shape index (κ1) is 15.0. The van der Waals surface area contributed by atoms with Gasteiger partial charge in [-0.25, -0.2) is 13.1 Å². The summed E-state index contributed by atoms with van der Waals surface area (Å²) in [6.45, 7) is 6.39. The van der Waals surface area contributed by atoms with Gasteiger partial charge < -0.3 is 0 Å². The summed E-state index contributed by atoms with van der Waals surface area (Å²) in [6, 6.07) is 7.47. The average molecular weight is 307 g/mol. The largest absolute Gasteiger partial charge is 0.240 e. The first-order valence-corrected chi connectivity index (χ1v) is 9.37. The van der Waals surface area contributed by atoms with Crippen LogP contribution < -0.4 is 4.72 Å². The first-order valence-electron chi connectivity index (χ1n) is 7.88. The maximum absolute atomic E-state index is 12.5. The third kappa shape index (κ3) is 3.02. The number of hydrogen-bond acceptors (Lipinski definition) is 2. The predicted molar refractivity (Wildman–Crippen MR) is 84.7 cm³/mol. The van der Waals surface area contributed by atoms with E-state index in [-0.39, 0.29) is 11.5 Å². The molecule has 1 N–H and O–H groups in total. The Kier molecular flexibility index (Phi) is 3.65. The summed E-state index contributed by atoms with van der Waals surface area (Å²) in [5, 5.41) is 0. The molecule has 0 radical (unpaired) electrons. The van der Waals surface area contributed by atoms with E-state index in [4.69, 9.17) is 0 Å². The molecular formula is C17H25NO2S. The Morgan fingerprint density at radius 2 is 1.71 bits per heavy atom. The number of nitrogens with one attached hydrogen (secondary N) is 1. The fourth-order valence-electron chi connectivity index (χ4n) is 3.79. The topological polar surface area (TPSA) is 46.2 Å². The van der Waals surface area contributed by atoms with Gasteiger partial charge in [0.15, 0.2) is 0 Å². The quantitative estimate of drug-likeness (QED) is 0.929. The van der Waals surface area contributed by atoms with E-state index in [2.05, 4.69) is 25.5 Å². The van der Waals surface area contributed by atoms with Gasteiger partial charge in [0.05, 0.1) is 4.90 Å². The summed E-state index contributed by atoms with van der Waals surface area (Å²) < 4.78 is 28.0. The molecule has 0 unspecified atom stereocenters. The van der Waals surface area contributed by atoms with Crippen LogP contribution in [-0.2, 0) is 15.4 Å². The van der Waals surface area contributed by atoms with E-state index in [1.54, 1.807) is 12.1 Å². The minimum Gasteiger partial charge on any atom is -0.208 e. The van der Waals surface area contributed by atoms with Crippen molar-refractivity contribution in [3.63, 3.8) is 0 Å². The summed E-state index contributed by atoms with van der Waals surface area (Å²) in [5.41, 5.74) is 1.20. The van der Waals surface area contributed by atoms with Gasteiger partial charge in [-0.3, -0.25) is 0 Å². The van der Waals surface area contributed by atoms with Crippen molar-refractivity contribution >= 4 is 10.0 Å². The Labute approximate surface area is 128 Å². The second kappa shape index (κ2) is 5.10. The van der Waals surface area contributed by atoms with Gasteiger partial charge in [0.2, 0.25) is 10.0 Å². The standard InChI is InChI=1S/C17H25NO2S/c1-17(2,3)14-6-8-15(9-7-14)21(19,20)18-16-11-12-4-5-13(16)10-12/h6-9,12-13,16,18H,4-5,10-11H2,1-3H3/t12-,13+,16+/m0/s1. The van der Waals surface area contributed by atoms with Gasteiger partial charge in [0.1, 0.15) is 0 Å². The molecule has 0 amide bonds. The lowest BCUT2D eigenvalue weighted by Gasteiger charge is -2.23. The zero-order valence-electron chi connectivity index (χ0n) is 13.1. The monoisotopic (exact) mass is 307 g/mol. The molecule has 0 spiro atoms. The molecule has 3 rings (SSSR count). The third-order valence-electron chi connectivity index (χ3n) is 5.08. The molecule has 21 heavy (non-hydrogen) atoms. The van der Waals surface area contributed by atoms with Crippen LogP contribution in [0.3, 0.4) is 0 Å². The molecule has 2 fully saturated rings. The molecule has 3 nitrogen and oxygen atoms in total. The highest BCUT2D eigenvalue weighted by Gasteiger charge is 2.41. The third-order valence-corrected chi connectivity index (χ3v) is 6.58. The highest BCUT2D eigenvalue weighted by molar-refractivity contribution is 7.89. The Morgan fingerprint density at radius 3 is 2.19 bits per heavy atom. The summed E-state index contributed by atoms with van der Waals surface area (Å²) in [6.07, 6.45) is 4.68. The van der Waals surface area contributed by atoms with Gasteiger partial charge in [-0.15, -0.1) is 0 Å². The molecule has 0 aliphatic heterocycles. The van der Waals surface area contributed by atoms with Crippen LogP contribution in [0, 0.1) is 11.8 Å². The van der Waals surface area contributed by atoms with Crippen molar-refractivity contribution in [1.29, 1.82) is 0 Å². The number of sulfonamides is 1. The predicted octanol–water partition coefficient (Wildman–Crippen LogP) is 3.45. The second-order valence-corrected chi connectivity index (χ2v) is 9.39. The number of fused-ring (bicyclic) bond motifs is 2. The fourth-order valence-corrected chi connectivity index (χ4v) is 5.11. The van der Waals surface area contributed by atoms with Crippen LogP contribution in [-0.4, -0.2) is 14.5 Å². The first-order chi connectivity index (χ1) is 9.75. The van der Waals surface area contributed by atoms with E-state index in [9.17, 15) is 8.42 Å². The highest BCUT2D eigenvalue weighted by atomic mass is 32.2. The highest BCUT2D eigenvalue weighted by Crippen LogP contribution is 2.44. The normalized spacial score (nSPS) is 29.0. The van der Waals surface area contributed by atoms with Crippen molar-refractivity contribution in [3.8, 4) is 0 Å². The molecule has 0 saturated heterocycles. The maximum atomic E-state index is 12.5. The van der Waals surface area contributed by atoms with Gasteiger partial charge in [0.25, 0.3) is 0 Å². The lowest BCUT2D eigenvalue weighted by Crippen LogP contribution is -2.38. The lowest BCUT2D eigenvalue weighted by molar-refractivity contribution is 0.390. The van der Waals surface area contributed by atoms with Crippen LogP contribution in [0.25, 0.3) is 0 Å². The molecule has 3 atom stereocenters. The van der Waals surface area contributed by atoms with Crippen molar-refractivity contribution in [2.24, 2.45) is 11.8 Å². The smallest absolute Gasteiger partial charge is 0.208 e. The second-order valence-electron chi connectivity index (χ2n) is 7.68. The van der Waals surface area contributed by atoms with Crippen LogP contribution in [0.1, 0.15) is 52.0 Å². The molecule has 0 heterocycles. The minimum atomic E-state index is -3.38. The summed E-state index contributed by atoms with van der Waals surface area (Å²) >= 11 is 0. The van der Waals surface area contributed by atoms with Crippen LogP contribution >= 0.6 is 0 Å². The molecule has 0 aromatic heterocycles. The minimum absolute atomic E-state index is 0.0420. The Morgan fingerprint density at radius 1 is 1.05 bits per heavy atom. The zero-order valence-corrected chi connectivity index (χ0v) is 13.9. The zero-order chi connectivity index (χ0) is 15.3. The molecule has 1 aromatic carbocycles. The van der Waals surface area contributed by atoms with E-state index < -0.39 is 10.0 Å². The van der Waals surface area contributed by atoms with E-state index in [1.807, 2.05) is 12.1 Å². The van der Waals surface area contributed by atoms with Gasteiger partial charge in [-0.05, 0) is 54.2 Å². The van der Waals surface area contributed by atoms with E-state index in [0.29, 0.717) is 10.8 Å². The van der Waals surface area contributed by atoms with Crippen LogP contribution in [0.5, 0.6) is 0 Å². The van der Waals surface area contributed by atoms with Crippen molar-refractivity contribution in [1.82, 2.24) is 4.72 Å². The average Bonchev–Trinajstić information content (AvgIpc) is 2.99. The van der Waals surface area contributed by atoms with Crippen molar-refractivity contribution in [2.45, 2.75) is 62.8 Å². The summed E-state index contributed by atoms with van der Waals surface area (Å²) in [7, 11) is -3.38. The maximum Gasteiger partial charge on any atom is 0.240 e. The fraction of sp³-hybridized carbons (Fsp3) is 0.647. The van der Waals surface area contributed by atoms with Crippen LogP contribution in [0.15, 0.2) is 29.2 Å². The van der Waals surface area contributed by atoms with E-state index in [0.717, 1.165) is 17.9 Å². The van der Waals surface area contributed by atoms with Gasteiger partial charge in [-0.1, -0.05) is 39.3 Å². The Balaban J connectivity index is 1.76. The molecule has 4 heteroatoms.